The summed E-state index contributed by atoms with van der Waals surface area (Å²) in [6.45, 7) is 0.0869. The van der Waals surface area contributed by atoms with Crippen LogP contribution >= 0.6 is 11.6 Å². The molecule has 27 heavy (non-hydrogen) atoms. The highest BCUT2D eigenvalue weighted by Crippen LogP contribution is 2.20. The van der Waals surface area contributed by atoms with E-state index in [4.69, 9.17) is 25.6 Å². The van der Waals surface area contributed by atoms with Crippen molar-refractivity contribution in [3.63, 3.8) is 0 Å². The Hall–Kier alpha value is -3.06. The first-order valence-electron chi connectivity index (χ1n) is 8.14. The van der Waals surface area contributed by atoms with Crippen molar-refractivity contribution >= 4 is 17.5 Å². The molecule has 1 aromatic heterocycles. The van der Waals surface area contributed by atoms with E-state index in [-0.39, 0.29) is 19.1 Å². The van der Waals surface area contributed by atoms with Crippen molar-refractivity contribution < 1.29 is 18.8 Å². The average molecular weight is 388 g/mol. The standard InChI is InChI=1S/C19H18ClN3O4/c1-23(18(24)12-26-16-9-5-14(20)6-10-16)11-17-21-19(22-27-17)13-3-7-15(25-2)8-4-13/h3-10H,11-12H2,1-2H3. The molecule has 3 aromatic rings. The highest BCUT2D eigenvalue weighted by molar-refractivity contribution is 6.30. The zero-order valence-corrected chi connectivity index (χ0v) is 15.6. The summed E-state index contributed by atoms with van der Waals surface area (Å²) in [4.78, 5) is 18.0. The third-order valence-electron chi connectivity index (χ3n) is 3.79. The first-order valence-corrected chi connectivity index (χ1v) is 8.52. The number of likely N-dealkylation sites (N-methyl/N-ethyl adjacent to an activating group) is 1. The Morgan fingerprint density at radius 1 is 1.11 bits per heavy atom. The molecule has 8 heteroatoms. The minimum atomic E-state index is -0.214. The zero-order valence-electron chi connectivity index (χ0n) is 14.9. The van der Waals surface area contributed by atoms with Gasteiger partial charge in [0.25, 0.3) is 5.91 Å². The van der Waals surface area contributed by atoms with Crippen molar-refractivity contribution in [3.05, 3.63) is 59.4 Å². The van der Waals surface area contributed by atoms with Crippen LogP contribution in [-0.4, -0.2) is 41.7 Å². The molecule has 0 aliphatic rings. The van der Waals surface area contributed by atoms with Crippen molar-refractivity contribution in [1.29, 1.82) is 0 Å². The van der Waals surface area contributed by atoms with Crippen molar-refractivity contribution in [2.45, 2.75) is 6.54 Å². The molecule has 0 saturated carbocycles. The molecule has 0 unspecified atom stereocenters. The molecule has 7 nitrogen and oxygen atoms in total. The lowest BCUT2D eigenvalue weighted by Crippen LogP contribution is -2.31. The number of hydrogen-bond donors (Lipinski definition) is 0. The SMILES string of the molecule is COc1ccc(-c2noc(CN(C)C(=O)COc3ccc(Cl)cc3)n2)cc1. The molecule has 0 saturated heterocycles. The van der Waals surface area contributed by atoms with Gasteiger partial charge in [-0.25, -0.2) is 0 Å². The summed E-state index contributed by atoms with van der Waals surface area (Å²) in [6, 6.07) is 14.1. The molecule has 1 heterocycles. The Morgan fingerprint density at radius 2 is 1.78 bits per heavy atom. The number of aromatic nitrogens is 2. The Kier molecular flexibility index (Phi) is 5.93. The van der Waals surface area contributed by atoms with Crippen LogP contribution in [0, 0.1) is 0 Å². The van der Waals surface area contributed by atoms with Crippen molar-refractivity contribution in [2.24, 2.45) is 0 Å². The molecule has 2 aromatic carbocycles. The minimum absolute atomic E-state index is 0.0996. The lowest BCUT2D eigenvalue weighted by atomic mass is 10.2. The lowest BCUT2D eigenvalue weighted by molar-refractivity contribution is -0.132. The fourth-order valence-electron chi connectivity index (χ4n) is 2.25. The predicted octanol–water partition coefficient (Wildman–Crippen LogP) is 3.44. The summed E-state index contributed by atoms with van der Waals surface area (Å²) in [6.07, 6.45) is 0. The fourth-order valence-corrected chi connectivity index (χ4v) is 2.38. The number of hydrogen-bond acceptors (Lipinski definition) is 6. The fraction of sp³-hybridized carbons (Fsp3) is 0.211. The maximum absolute atomic E-state index is 12.2. The summed E-state index contributed by atoms with van der Waals surface area (Å²) in [5.74, 6) is 1.89. The third-order valence-corrected chi connectivity index (χ3v) is 4.04. The second-order valence-electron chi connectivity index (χ2n) is 5.73. The maximum Gasteiger partial charge on any atom is 0.260 e. The molecule has 3 rings (SSSR count). The number of carbonyl (C=O) groups is 1. The molecule has 140 valence electrons. The summed E-state index contributed by atoms with van der Waals surface area (Å²) in [7, 11) is 3.25. The van der Waals surface area contributed by atoms with Crippen LogP contribution in [0.15, 0.2) is 53.1 Å². The van der Waals surface area contributed by atoms with Crippen LogP contribution in [-0.2, 0) is 11.3 Å². The Bertz CT molecular complexity index is 894. The molecular formula is C19H18ClN3O4. The van der Waals surface area contributed by atoms with Crippen LogP contribution in [0.1, 0.15) is 5.89 Å². The van der Waals surface area contributed by atoms with E-state index in [2.05, 4.69) is 10.1 Å². The van der Waals surface area contributed by atoms with E-state index < -0.39 is 0 Å². The quantitative estimate of drug-likeness (QED) is 0.618. The molecule has 0 atom stereocenters. The van der Waals surface area contributed by atoms with Gasteiger partial charge in [-0.05, 0) is 48.5 Å². The van der Waals surface area contributed by atoms with Crippen LogP contribution < -0.4 is 9.47 Å². The van der Waals surface area contributed by atoms with Gasteiger partial charge in [0.15, 0.2) is 6.61 Å². The van der Waals surface area contributed by atoms with Gasteiger partial charge in [-0.3, -0.25) is 4.79 Å². The minimum Gasteiger partial charge on any atom is -0.497 e. The summed E-state index contributed by atoms with van der Waals surface area (Å²) in [5, 5.41) is 4.55. The van der Waals surface area contributed by atoms with E-state index in [1.54, 1.807) is 38.4 Å². The number of nitrogens with zero attached hydrogens (tertiary/aromatic N) is 3. The first-order chi connectivity index (χ1) is 13.0. The monoisotopic (exact) mass is 387 g/mol. The Labute approximate surface area is 161 Å². The van der Waals surface area contributed by atoms with Crippen LogP contribution in [0.2, 0.25) is 5.02 Å². The number of amides is 1. The first kappa shape index (κ1) is 18.7. The van der Waals surface area contributed by atoms with Crippen molar-refractivity contribution in [3.8, 4) is 22.9 Å². The van der Waals surface area contributed by atoms with Gasteiger partial charge in [0.1, 0.15) is 11.5 Å². The van der Waals surface area contributed by atoms with Gasteiger partial charge in [-0.2, -0.15) is 4.98 Å². The van der Waals surface area contributed by atoms with Crippen molar-refractivity contribution in [2.75, 3.05) is 20.8 Å². The van der Waals surface area contributed by atoms with Gasteiger partial charge < -0.3 is 18.9 Å². The molecular weight excluding hydrogens is 370 g/mol. The topological polar surface area (TPSA) is 77.7 Å². The van der Waals surface area contributed by atoms with Crippen LogP contribution in [0.5, 0.6) is 11.5 Å². The van der Waals surface area contributed by atoms with E-state index in [1.807, 2.05) is 24.3 Å². The highest BCUT2D eigenvalue weighted by Gasteiger charge is 2.15. The smallest absolute Gasteiger partial charge is 0.260 e. The summed E-state index contributed by atoms with van der Waals surface area (Å²) < 4.78 is 15.8. The number of carbonyl (C=O) groups excluding carboxylic acids is 1. The molecule has 0 fully saturated rings. The second-order valence-corrected chi connectivity index (χ2v) is 6.17. The normalized spacial score (nSPS) is 10.5. The van der Waals surface area contributed by atoms with E-state index in [9.17, 15) is 4.79 Å². The number of rotatable bonds is 7. The second kappa shape index (κ2) is 8.55. The number of methoxy groups -OCH3 is 1. The van der Waals surface area contributed by atoms with E-state index in [0.717, 1.165) is 11.3 Å². The van der Waals surface area contributed by atoms with E-state index in [0.29, 0.717) is 22.5 Å². The number of benzene rings is 2. The third kappa shape index (κ3) is 4.98. The molecule has 0 aliphatic heterocycles. The number of halogens is 1. The molecule has 0 bridgehead atoms. The maximum atomic E-state index is 12.2. The van der Waals surface area contributed by atoms with Gasteiger partial charge in [0.05, 0.1) is 13.7 Å². The van der Waals surface area contributed by atoms with E-state index in [1.165, 1.54) is 4.90 Å². The zero-order chi connectivity index (χ0) is 19.2. The molecule has 0 aliphatic carbocycles. The van der Waals surface area contributed by atoms with Crippen LogP contribution in [0.3, 0.4) is 0 Å². The molecule has 0 spiro atoms. The molecule has 0 N–H and O–H groups in total. The van der Waals surface area contributed by atoms with E-state index >= 15 is 0 Å². The Balaban J connectivity index is 1.55. The predicted molar refractivity (Wildman–Crippen MR) is 99.7 cm³/mol. The van der Waals surface area contributed by atoms with Gasteiger partial charge in [-0.15, -0.1) is 0 Å². The van der Waals surface area contributed by atoms with Gasteiger partial charge in [0, 0.05) is 17.6 Å². The Morgan fingerprint density at radius 3 is 2.44 bits per heavy atom. The highest BCUT2D eigenvalue weighted by atomic mass is 35.5. The lowest BCUT2D eigenvalue weighted by Gasteiger charge is -2.15. The van der Waals surface area contributed by atoms with Gasteiger partial charge in [0.2, 0.25) is 11.7 Å². The summed E-state index contributed by atoms with van der Waals surface area (Å²) in [5.41, 5.74) is 0.797. The summed E-state index contributed by atoms with van der Waals surface area (Å²) >= 11 is 5.82. The largest absolute Gasteiger partial charge is 0.497 e. The average Bonchev–Trinajstić information content (AvgIpc) is 3.15. The molecule has 1 amide bonds. The van der Waals surface area contributed by atoms with Crippen molar-refractivity contribution in [1.82, 2.24) is 15.0 Å². The van der Waals surface area contributed by atoms with Gasteiger partial charge in [-0.1, -0.05) is 16.8 Å². The van der Waals surface area contributed by atoms with Crippen LogP contribution in [0.4, 0.5) is 0 Å². The van der Waals surface area contributed by atoms with Gasteiger partial charge >= 0.3 is 0 Å². The number of ether oxygens (including phenoxy) is 2. The molecule has 0 radical (unpaired) electrons. The van der Waals surface area contributed by atoms with Crippen LogP contribution in [0.25, 0.3) is 11.4 Å².